The Balaban J connectivity index is 3.78. The molecule has 0 aromatic rings. The molecule has 0 aromatic carbocycles. The molecule has 5 heteroatoms. The minimum absolute atomic E-state index is 0.216. The van der Waals surface area contributed by atoms with Crippen molar-refractivity contribution in [1.29, 1.82) is 0 Å². The van der Waals surface area contributed by atoms with Crippen LogP contribution >= 0.6 is 15.9 Å². The van der Waals surface area contributed by atoms with Crippen LogP contribution in [0.1, 0.15) is 26.2 Å². The van der Waals surface area contributed by atoms with Crippen molar-refractivity contribution in [2.24, 2.45) is 5.92 Å². The van der Waals surface area contributed by atoms with Gasteiger partial charge in [-0.25, -0.2) is 4.79 Å². The average molecular weight is 333 g/mol. The maximum atomic E-state index is 11.0. The van der Waals surface area contributed by atoms with Gasteiger partial charge < -0.3 is 9.47 Å². The lowest BCUT2D eigenvalue weighted by Gasteiger charge is -2.10. The van der Waals surface area contributed by atoms with Crippen LogP contribution in [0.4, 0.5) is 0 Å². The summed E-state index contributed by atoms with van der Waals surface area (Å²) < 4.78 is 9.75. The van der Waals surface area contributed by atoms with E-state index in [1.54, 1.807) is 13.0 Å². The van der Waals surface area contributed by atoms with Gasteiger partial charge in [-0.3, -0.25) is 4.79 Å². The van der Waals surface area contributed by atoms with Gasteiger partial charge in [0.05, 0.1) is 13.2 Å². The van der Waals surface area contributed by atoms with Crippen LogP contribution < -0.4 is 0 Å². The Morgan fingerprint density at radius 3 is 2.63 bits per heavy atom. The number of allylic oxidation sites excluding steroid dienone is 2. The van der Waals surface area contributed by atoms with Crippen molar-refractivity contribution < 1.29 is 19.1 Å². The fourth-order valence-electron chi connectivity index (χ4n) is 1.42. The lowest BCUT2D eigenvalue weighted by molar-refractivity contribution is -0.140. The summed E-state index contributed by atoms with van der Waals surface area (Å²) in [6.07, 6.45) is 7.45. The average Bonchev–Trinajstić information content (AvgIpc) is 2.41. The highest BCUT2D eigenvalue weighted by Crippen LogP contribution is 2.13. The molecule has 0 spiro atoms. The monoisotopic (exact) mass is 332 g/mol. The van der Waals surface area contributed by atoms with Crippen molar-refractivity contribution in [3.05, 3.63) is 24.8 Å². The quantitative estimate of drug-likeness (QED) is 0.267. The predicted molar refractivity (Wildman–Crippen MR) is 78.1 cm³/mol. The standard InChI is InChI=1S/C14H21BrO4/c1-3-12(9-10-19-14(17)11-15)7-5-6-8-13(16)18-4-2/h3,6,8,12H,1,4-5,7,9-11H2,2H3/b8-6+. The highest BCUT2D eigenvalue weighted by Gasteiger charge is 2.05. The topological polar surface area (TPSA) is 52.6 Å². The highest BCUT2D eigenvalue weighted by molar-refractivity contribution is 9.09. The zero-order valence-electron chi connectivity index (χ0n) is 11.3. The van der Waals surface area contributed by atoms with Crippen molar-refractivity contribution >= 4 is 27.9 Å². The summed E-state index contributed by atoms with van der Waals surface area (Å²) in [7, 11) is 0. The van der Waals surface area contributed by atoms with E-state index in [1.165, 1.54) is 6.08 Å². The van der Waals surface area contributed by atoms with Gasteiger partial charge in [0.1, 0.15) is 5.33 Å². The maximum absolute atomic E-state index is 11.0. The van der Waals surface area contributed by atoms with Crippen LogP contribution in [-0.4, -0.2) is 30.5 Å². The second kappa shape index (κ2) is 12.0. The zero-order chi connectivity index (χ0) is 14.5. The molecule has 0 radical (unpaired) electrons. The van der Waals surface area contributed by atoms with Gasteiger partial charge in [-0.2, -0.15) is 0 Å². The molecule has 0 aliphatic carbocycles. The van der Waals surface area contributed by atoms with Crippen molar-refractivity contribution in [1.82, 2.24) is 0 Å². The van der Waals surface area contributed by atoms with Crippen LogP contribution in [0.25, 0.3) is 0 Å². The highest BCUT2D eigenvalue weighted by atomic mass is 79.9. The van der Waals surface area contributed by atoms with Gasteiger partial charge in [0.15, 0.2) is 0 Å². The third-order valence-electron chi connectivity index (χ3n) is 2.44. The first-order valence-electron chi connectivity index (χ1n) is 6.31. The number of halogens is 1. The number of alkyl halides is 1. The van der Waals surface area contributed by atoms with E-state index in [9.17, 15) is 9.59 Å². The fraction of sp³-hybridized carbons (Fsp3) is 0.571. The molecule has 0 bridgehead atoms. The molecule has 0 amide bonds. The van der Waals surface area contributed by atoms with Crippen LogP contribution in [0.15, 0.2) is 24.8 Å². The lowest BCUT2D eigenvalue weighted by Crippen LogP contribution is -2.09. The maximum Gasteiger partial charge on any atom is 0.330 e. The summed E-state index contributed by atoms with van der Waals surface area (Å²) in [4.78, 5) is 22.0. The van der Waals surface area contributed by atoms with Gasteiger partial charge in [-0.1, -0.05) is 28.1 Å². The van der Waals surface area contributed by atoms with Crippen molar-refractivity contribution in [3.8, 4) is 0 Å². The van der Waals surface area contributed by atoms with Gasteiger partial charge in [-0.05, 0) is 32.1 Å². The van der Waals surface area contributed by atoms with Gasteiger partial charge in [0.25, 0.3) is 0 Å². The first-order chi connectivity index (χ1) is 9.13. The number of carbonyl (C=O) groups excluding carboxylic acids is 2. The largest absolute Gasteiger partial charge is 0.465 e. The van der Waals surface area contributed by atoms with Crippen LogP contribution in [0, 0.1) is 5.92 Å². The third kappa shape index (κ3) is 10.5. The molecule has 0 saturated heterocycles. The van der Waals surface area contributed by atoms with Crippen LogP contribution in [0.5, 0.6) is 0 Å². The van der Waals surface area contributed by atoms with Gasteiger partial charge in [-0.15, -0.1) is 6.58 Å². The molecule has 0 saturated carbocycles. The van der Waals surface area contributed by atoms with E-state index in [1.807, 2.05) is 6.08 Å². The molecule has 108 valence electrons. The second-order valence-electron chi connectivity index (χ2n) is 3.87. The van der Waals surface area contributed by atoms with Crippen molar-refractivity contribution in [2.75, 3.05) is 18.5 Å². The minimum Gasteiger partial charge on any atom is -0.465 e. The SMILES string of the molecule is C=CC(CC/C=C/C(=O)OCC)CCOC(=O)CBr. The molecule has 1 unspecified atom stereocenters. The summed E-state index contributed by atoms with van der Waals surface area (Å²) >= 11 is 3.03. The molecule has 0 aliphatic heterocycles. The first-order valence-corrected chi connectivity index (χ1v) is 7.43. The first kappa shape index (κ1) is 17.9. The molecule has 1 atom stereocenters. The molecule has 0 aromatic heterocycles. The van der Waals surface area contributed by atoms with E-state index in [0.29, 0.717) is 13.2 Å². The molecular formula is C14H21BrO4. The van der Waals surface area contributed by atoms with E-state index in [0.717, 1.165) is 19.3 Å². The van der Waals surface area contributed by atoms with Crippen LogP contribution in [0.3, 0.4) is 0 Å². The summed E-state index contributed by atoms with van der Waals surface area (Å²) in [5.41, 5.74) is 0. The summed E-state index contributed by atoms with van der Waals surface area (Å²) in [6.45, 7) is 6.31. The van der Waals surface area contributed by atoms with E-state index in [2.05, 4.69) is 22.5 Å². The van der Waals surface area contributed by atoms with Crippen molar-refractivity contribution in [2.45, 2.75) is 26.2 Å². The Bertz CT molecular complexity index is 313. The Kier molecular flexibility index (Phi) is 11.3. The van der Waals surface area contributed by atoms with E-state index < -0.39 is 0 Å². The molecule has 0 rings (SSSR count). The lowest BCUT2D eigenvalue weighted by atomic mass is 10.00. The smallest absolute Gasteiger partial charge is 0.330 e. The molecule has 0 fully saturated rings. The van der Waals surface area contributed by atoms with E-state index >= 15 is 0 Å². The van der Waals surface area contributed by atoms with Gasteiger partial charge >= 0.3 is 11.9 Å². The normalized spacial score (nSPS) is 12.1. The molecule has 0 aliphatic rings. The number of rotatable bonds is 10. The predicted octanol–water partition coefficient (Wildman–Crippen LogP) is 3.02. The van der Waals surface area contributed by atoms with E-state index in [-0.39, 0.29) is 23.2 Å². The summed E-state index contributed by atoms with van der Waals surface area (Å²) in [5, 5.41) is 0.216. The van der Waals surface area contributed by atoms with Crippen molar-refractivity contribution in [3.63, 3.8) is 0 Å². The Morgan fingerprint density at radius 2 is 2.05 bits per heavy atom. The Hall–Kier alpha value is -1.10. The number of hydrogen-bond donors (Lipinski definition) is 0. The van der Waals surface area contributed by atoms with Crippen LogP contribution in [0.2, 0.25) is 0 Å². The molecular weight excluding hydrogens is 312 g/mol. The van der Waals surface area contributed by atoms with Gasteiger partial charge in [0, 0.05) is 6.08 Å². The van der Waals surface area contributed by atoms with Crippen LogP contribution in [-0.2, 0) is 19.1 Å². The molecule has 19 heavy (non-hydrogen) atoms. The molecule has 0 N–H and O–H groups in total. The summed E-state index contributed by atoms with van der Waals surface area (Å²) in [6, 6.07) is 0. The molecule has 4 nitrogen and oxygen atoms in total. The zero-order valence-corrected chi connectivity index (χ0v) is 12.9. The Morgan fingerprint density at radius 1 is 1.32 bits per heavy atom. The third-order valence-corrected chi connectivity index (χ3v) is 2.90. The molecule has 0 heterocycles. The van der Waals surface area contributed by atoms with E-state index in [4.69, 9.17) is 9.47 Å². The Labute approximate surface area is 123 Å². The number of ether oxygens (including phenoxy) is 2. The summed E-state index contributed by atoms with van der Waals surface area (Å²) in [5.74, 6) is -0.302. The number of hydrogen-bond acceptors (Lipinski definition) is 4. The minimum atomic E-state index is -0.316. The number of carbonyl (C=O) groups is 2. The number of esters is 2. The fourth-order valence-corrected chi connectivity index (χ4v) is 1.58. The van der Waals surface area contributed by atoms with Gasteiger partial charge in [0.2, 0.25) is 0 Å². The second-order valence-corrected chi connectivity index (χ2v) is 4.43.